The van der Waals surface area contributed by atoms with Gasteiger partial charge in [-0.15, -0.1) is 0 Å². The number of hydrogen-bond donors (Lipinski definition) is 3. The van der Waals surface area contributed by atoms with Crippen molar-refractivity contribution in [2.45, 2.75) is 83.2 Å². The maximum Gasteiger partial charge on any atom is 0.328 e. The van der Waals surface area contributed by atoms with Gasteiger partial charge in [0.2, 0.25) is 21.8 Å². The molecule has 1 aliphatic heterocycles. The molecular formula is C33H43N5O6S. The van der Waals surface area contributed by atoms with E-state index in [9.17, 15) is 22.8 Å². The number of carbonyl (C=O) groups excluding carboxylic acids is 3. The average molecular weight is 638 g/mol. The summed E-state index contributed by atoms with van der Waals surface area (Å²) in [5, 5.41) is 2.78. The Labute approximate surface area is 265 Å². The number of carbonyl (C=O) groups is 3. The number of anilines is 1. The monoisotopic (exact) mass is 637 g/mol. The number of benzene rings is 2. The molecule has 11 nitrogen and oxygen atoms in total. The van der Waals surface area contributed by atoms with Crippen molar-refractivity contribution in [3.8, 4) is 11.1 Å². The van der Waals surface area contributed by atoms with Crippen molar-refractivity contribution in [2.75, 3.05) is 18.5 Å². The number of rotatable bonds is 13. The molecule has 0 spiro atoms. The topological polar surface area (TPSA) is 151 Å². The SMILES string of the molecule is CCOC(=O)C1CC(C)CCN1C(=O)C(CCCc1nc[nH]c1C)NS(=O)(=O)c1cccc(-c2ccccc2)c1NC(=O)CC. The number of aryl methyl sites for hydroxylation is 2. The van der Waals surface area contributed by atoms with Gasteiger partial charge in [-0.2, -0.15) is 4.72 Å². The summed E-state index contributed by atoms with van der Waals surface area (Å²) in [5.41, 5.74) is 3.13. The van der Waals surface area contributed by atoms with E-state index in [1.165, 1.54) is 11.0 Å². The molecule has 0 aliphatic carbocycles. The van der Waals surface area contributed by atoms with Crippen LogP contribution in [-0.4, -0.2) is 66.3 Å². The zero-order valence-corrected chi connectivity index (χ0v) is 27.2. The smallest absolute Gasteiger partial charge is 0.328 e. The van der Waals surface area contributed by atoms with Crippen LogP contribution >= 0.6 is 0 Å². The third kappa shape index (κ3) is 8.37. The number of nitrogens with one attached hydrogen (secondary N) is 3. The average Bonchev–Trinajstić information content (AvgIpc) is 3.44. The number of aromatic nitrogens is 2. The molecule has 1 aromatic heterocycles. The predicted octanol–water partition coefficient (Wildman–Crippen LogP) is 4.59. The molecule has 1 saturated heterocycles. The summed E-state index contributed by atoms with van der Waals surface area (Å²) in [6.07, 6.45) is 4.01. The molecule has 45 heavy (non-hydrogen) atoms. The molecule has 1 fully saturated rings. The van der Waals surface area contributed by atoms with Gasteiger partial charge >= 0.3 is 5.97 Å². The molecule has 3 N–H and O–H groups in total. The van der Waals surface area contributed by atoms with Gasteiger partial charge in [0.1, 0.15) is 17.0 Å². The fourth-order valence-electron chi connectivity index (χ4n) is 5.63. The number of ether oxygens (including phenoxy) is 1. The van der Waals surface area contributed by atoms with E-state index in [1.54, 1.807) is 32.3 Å². The number of para-hydroxylation sites is 1. The Bertz CT molecular complexity index is 1590. The van der Waals surface area contributed by atoms with Gasteiger partial charge in [0.25, 0.3) is 0 Å². The second kappa shape index (κ2) is 15.3. The van der Waals surface area contributed by atoms with Crippen LogP contribution in [0.3, 0.4) is 0 Å². The van der Waals surface area contributed by atoms with Crippen molar-refractivity contribution in [1.82, 2.24) is 19.6 Å². The normalized spacial score (nSPS) is 17.5. The van der Waals surface area contributed by atoms with Gasteiger partial charge in [-0.1, -0.05) is 56.3 Å². The quantitative estimate of drug-likeness (QED) is 0.232. The first-order valence-electron chi connectivity index (χ1n) is 15.5. The highest BCUT2D eigenvalue weighted by Crippen LogP contribution is 2.34. The van der Waals surface area contributed by atoms with Gasteiger partial charge in [0, 0.05) is 24.2 Å². The van der Waals surface area contributed by atoms with Gasteiger partial charge in [0.05, 0.1) is 24.3 Å². The van der Waals surface area contributed by atoms with Crippen molar-refractivity contribution in [1.29, 1.82) is 0 Å². The van der Waals surface area contributed by atoms with E-state index in [4.69, 9.17) is 4.74 Å². The van der Waals surface area contributed by atoms with E-state index >= 15 is 0 Å². The number of nitrogens with zero attached hydrogens (tertiary/aromatic N) is 2. The van der Waals surface area contributed by atoms with E-state index in [2.05, 4.69) is 20.0 Å². The summed E-state index contributed by atoms with van der Waals surface area (Å²) < 4.78 is 36.3. The van der Waals surface area contributed by atoms with Crippen molar-refractivity contribution >= 4 is 33.5 Å². The van der Waals surface area contributed by atoms with Crippen LogP contribution in [0.5, 0.6) is 0 Å². The van der Waals surface area contributed by atoms with E-state index < -0.39 is 34.0 Å². The predicted molar refractivity (Wildman–Crippen MR) is 172 cm³/mol. The number of amides is 2. The second-order valence-electron chi connectivity index (χ2n) is 11.4. The minimum atomic E-state index is -4.36. The fourth-order valence-corrected chi connectivity index (χ4v) is 7.04. The summed E-state index contributed by atoms with van der Waals surface area (Å²) in [6, 6.07) is 12.0. The lowest BCUT2D eigenvalue weighted by molar-refractivity contribution is -0.158. The molecule has 3 atom stereocenters. The highest BCUT2D eigenvalue weighted by molar-refractivity contribution is 7.89. The van der Waals surface area contributed by atoms with Gasteiger partial charge in [-0.25, -0.2) is 18.2 Å². The van der Waals surface area contributed by atoms with Crippen molar-refractivity contribution < 1.29 is 27.5 Å². The number of piperidine rings is 1. The molecule has 2 heterocycles. The minimum absolute atomic E-state index is 0.137. The van der Waals surface area contributed by atoms with Crippen LogP contribution in [0, 0.1) is 12.8 Å². The van der Waals surface area contributed by atoms with E-state index in [1.807, 2.05) is 44.2 Å². The summed E-state index contributed by atoms with van der Waals surface area (Å²) in [7, 11) is -4.36. The van der Waals surface area contributed by atoms with E-state index in [0.717, 1.165) is 17.0 Å². The molecule has 2 amide bonds. The van der Waals surface area contributed by atoms with E-state index in [0.29, 0.717) is 37.8 Å². The summed E-state index contributed by atoms with van der Waals surface area (Å²) in [4.78, 5) is 48.4. The Kier molecular flexibility index (Phi) is 11.5. The number of sulfonamides is 1. The number of hydrogen-bond acceptors (Lipinski definition) is 7. The molecule has 3 unspecified atom stereocenters. The molecule has 2 aromatic carbocycles. The molecule has 0 bridgehead atoms. The van der Waals surface area contributed by atoms with Gasteiger partial charge < -0.3 is 19.9 Å². The van der Waals surface area contributed by atoms with Gasteiger partial charge in [-0.05, 0) is 63.5 Å². The van der Waals surface area contributed by atoms with Crippen LogP contribution in [0.25, 0.3) is 11.1 Å². The lowest BCUT2D eigenvalue weighted by Crippen LogP contribution is -2.56. The highest BCUT2D eigenvalue weighted by atomic mass is 32.2. The summed E-state index contributed by atoms with van der Waals surface area (Å²) in [5.74, 6) is -1.13. The first-order valence-corrected chi connectivity index (χ1v) is 17.0. The Morgan fingerprint density at radius 3 is 2.53 bits per heavy atom. The Hall–Kier alpha value is -4.03. The molecule has 4 rings (SSSR count). The lowest BCUT2D eigenvalue weighted by Gasteiger charge is -2.38. The number of esters is 1. The minimum Gasteiger partial charge on any atom is -0.464 e. The van der Waals surface area contributed by atoms with Crippen molar-refractivity contribution in [2.24, 2.45) is 5.92 Å². The zero-order chi connectivity index (χ0) is 32.6. The number of likely N-dealkylation sites (tertiary alicyclic amines) is 1. The Morgan fingerprint density at radius 2 is 1.87 bits per heavy atom. The molecule has 0 saturated carbocycles. The third-order valence-electron chi connectivity index (χ3n) is 8.13. The molecule has 12 heteroatoms. The van der Waals surface area contributed by atoms with Gasteiger partial charge in [0.15, 0.2) is 0 Å². The molecule has 3 aromatic rings. The standard InChI is InChI=1S/C33H43N5O6S/c1-5-30(39)36-31-25(24-12-8-7-9-13-24)14-10-17-29(31)45(42,43)37-27(16-11-15-26-23(4)34-21-35-26)32(40)38-19-18-22(3)20-28(38)33(41)44-6-2/h7-10,12-14,17,21-22,27-28,37H,5-6,11,15-16,18-20H2,1-4H3,(H,34,35)(H,36,39). The number of H-pyrrole nitrogens is 1. The number of imidazole rings is 1. The zero-order valence-electron chi connectivity index (χ0n) is 26.3. The molecule has 0 radical (unpaired) electrons. The third-order valence-corrected chi connectivity index (χ3v) is 9.64. The second-order valence-corrected chi connectivity index (χ2v) is 13.1. The fraction of sp³-hybridized carbons (Fsp3) is 0.455. The molecular weight excluding hydrogens is 594 g/mol. The first kappa shape index (κ1) is 33.9. The highest BCUT2D eigenvalue weighted by Gasteiger charge is 2.40. The van der Waals surface area contributed by atoms with E-state index in [-0.39, 0.29) is 41.9 Å². The lowest BCUT2D eigenvalue weighted by atomic mass is 9.91. The Balaban J connectivity index is 1.71. The number of aromatic amines is 1. The largest absolute Gasteiger partial charge is 0.464 e. The Morgan fingerprint density at radius 1 is 1.11 bits per heavy atom. The van der Waals surface area contributed by atoms with Crippen LogP contribution in [0.1, 0.15) is 64.3 Å². The summed E-state index contributed by atoms with van der Waals surface area (Å²) in [6.45, 7) is 7.80. The van der Waals surface area contributed by atoms with Crippen LogP contribution in [0.2, 0.25) is 0 Å². The van der Waals surface area contributed by atoms with Crippen molar-refractivity contribution in [3.05, 3.63) is 66.2 Å². The van der Waals surface area contributed by atoms with Crippen LogP contribution in [0.4, 0.5) is 5.69 Å². The van der Waals surface area contributed by atoms with Crippen LogP contribution in [-0.2, 0) is 35.6 Å². The van der Waals surface area contributed by atoms with Crippen LogP contribution in [0.15, 0.2) is 59.8 Å². The first-order chi connectivity index (χ1) is 21.6. The maximum absolute atomic E-state index is 14.2. The molecule has 1 aliphatic rings. The van der Waals surface area contributed by atoms with Crippen molar-refractivity contribution in [3.63, 3.8) is 0 Å². The summed E-state index contributed by atoms with van der Waals surface area (Å²) >= 11 is 0. The maximum atomic E-state index is 14.2. The molecule has 242 valence electrons. The van der Waals surface area contributed by atoms with Crippen LogP contribution < -0.4 is 10.0 Å². The van der Waals surface area contributed by atoms with Gasteiger partial charge in [-0.3, -0.25) is 9.59 Å².